The number of ether oxygens (including phenoxy) is 1. The van der Waals surface area contributed by atoms with Crippen LogP contribution in [0.2, 0.25) is 0 Å². The highest BCUT2D eigenvalue weighted by Gasteiger charge is 2.29. The predicted molar refractivity (Wildman–Crippen MR) is 126 cm³/mol. The SMILES string of the molecule is CC(=O)Cc1cc2c(c(C)n1)c1ccccc1n2CCOC(=O)C(C)(C)CSCCO. The number of aliphatic hydroxyl groups excluding tert-OH is 1. The first-order chi connectivity index (χ1) is 14.7. The Kier molecular flexibility index (Phi) is 7.38. The van der Waals surface area contributed by atoms with Gasteiger partial charge < -0.3 is 14.4 Å². The number of carbonyl (C=O) groups is 2. The second-order valence-corrected chi connectivity index (χ2v) is 9.54. The first-order valence-corrected chi connectivity index (χ1v) is 11.6. The lowest BCUT2D eigenvalue weighted by atomic mass is 9.97. The average molecular weight is 443 g/mol. The van der Waals surface area contributed by atoms with Crippen LogP contribution in [0.15, 0.2) is 30.3 Å². The molecule has 0 fully saturated rings. The lowest BCUT2D eigenvalue weighted by Crippen LogP contribution is -2.30. The van der Waals surface area contributed by atoms with Crippen LogP contribution in [-0.4, -0.2) is 51.1 Å². The van der Waals surface area contributed by atoms with Gasteiger partial charge in [0.2, 0.25) is 0 Å². The Morgan fingerprint density at radius 1 is 1.23 bits per heavy atom. The third kappa shape index (κ3) is 5.28. The number of ketones is 1. The monoisotopic (exact) mass is 442 g/mol. The number of benzene rings is 1. The molecule has 3 rings (SSSR count). The maximum atomic E-state index is 12.6. The molecule has 0 saturated carbocycles. The van der Waals surface area contributed by atoms with Crippen LogP contribution < -0.4 is 0 Å². The Morgan fingerprint density at radius 2 is 1.97 bits per heavy atom. The van der Waals surface area contributed by atoms with Crippen molar-refractivity contribution in [3.05, 3.63) is 41.7 Å². The van der Waals surface area contributed by atoms with Crippen molar-refractivity contribution in [3.63, 3.8) is 0 Å². The minimum atomic E-state index is -0.615. The van der Waals surface area contributed by atoms with Gasteiger partial charge in [0.1, 0.15) is 12.4 Å². The number of hydrogen-bond donors (Lipinski definition) is 1. The first kappa shape index (κ1) is 23.3. The Labute approximate surface area is 187 Å². The van der Waals surface area contributed by atoms with E-state index >= 15 is 0 Å². The zero-order valence-corrected chi connectivity index (χ0v) is 19.4. The standard InChI is InChI=1S/C24H30N2O4S/c1-16(28)13-18-14-21-22(17(2)25-18)19-7-5-6-8-20(19)26(21)9-11-30-23(29)24(3,4)15-31-12-10-27/h5-8,14,27H,9-13,15H2,1-4H3. The summed E-state index contributed by atoms with van der Waals surface area (Å²) in [6.45, 7) is 8.13. The van der Waals surface area contributed by atoms with Gasteiger partial charge in [-0.1, -0.05) is 18.2 Å². The molecule has 1 aromatic carbocycles. The summed E-state index contributed by atoms with van der Waals surface area (Å²) in [4.78, 5) is 28.9. The number of esters is 1. The number of aliphatic hydroxyl groups is 1. The van der Waals surface area contributed by atoms with Crippen LogP contribution in [0.1, 0.15) is 32.2 Å². The number of thioether (sulfide) groups is 1. The quantitative estimate of drug-likeness (QED) is 0.379. The zero-order valence-electron chi connectivity index (χ0n) is 18.6. The van der Waals surface area contributed by atoms with Gasteiger partial charge in [-0.05, 0) is 39.8 Å². The van der Waals surface area contributed by atoms with E-state index < -0.39 is 5.41 Å². The summed E-state index contributed by atoms with van der Waals surface area (Å²) in [5.74, 6) is 1.03. The highest BCUT2D eigenvalue weighted by atomic mass is 32.2. The maximum Gasteiger partial charge on any atom is 0.312 e. The fourth-order valence-electron chi connectivity index (χ4n) is 3.78. The summed E-state index contributed by atoms with van der Waals surface area (Å²) < 4.78 is 7.77. The Bertz CT molecular complexity index is 1100. The fraction of sp³-hybridized carbons (Fsp3) is 0.458. The van der Waals surface area contributed by atoms with Crippen LogP contribution in [0.5, 0.6) is 0 Å². The first-order valence-electron chi connectivity index (χ1n) is 10.5. The van der Waals surface area contributed by atoms with Crippen LogP contribution in [-0.2, 0) is 27.3 Å². The number of hydrogen-bond acceptors (Lipinski definition) is 6. The van der Waals surface area contributed by atoms with Crippen molar-refractivity contribution in [3.8, 4) is 0 Å². The Hall–Kier alpha value is -2.38. The van der Waals surface area contributed by atoms with E-state index in [1.165, 1.54) is 0 Å². The molecule has 7 heteroatoms. The molecule has 31 heavy (non-hydrogen) atoms. The average Bonchev–Trinajstić information content (AvgIpc) is 3.01. The number of pyridine rings is 1. The molecule has 0 radical (unpaired) electrons. The lowest BCUT2D eigenvalue weighted by molar-refractivity contribution is -0.152. The van der Waals surface area contributed by atoms with E-state index in [9.17, 15) is 9.59 Å². The van der Waals surface area contributed by atoms with E-state index in [-0.39, 0.29) is 25.0 Å². The number of fused-ring (bicyclic) bond motifs is 3. The minimum Gasteiger partial charge on any atom is -0.463 e. The van der Waals surface area contributed by atoms with Gasteiger partial charge in [0.25, 0.3) is 0 Å². The number of aromatic nitrogens is 2. The lowest BCUT2D eigenvalue weighted by Gasteiger charge is -2.22. The van der Waals surface area contributed by atoms with Gasteiger partial charge in [0, 0.05) is 39.9 Å². The Morgan fingerprint density at radius 3 is 2.68 bits per heavy atom. The minimum absolute atomic E-state index is 0.0733. The van der Waals surface area contributed by atoms with Crippen LogP contribution >= 0.6 is 11.8 Å². The summed E-state index contributed by atoms with van der Waals surface area (Å²) in [6, 6.07) is 10.1. The molecule has 2 aromatic heterocycles. The van der Waals surface area contributed by atoms with E-state index in [1.54, 1.807) is 18.7 Å². The summed E-state index contributed by atoms with van der Waals surface area (Å²) in [7, 11) is 0. The van der Waals surface area contributed by atoms with Crippen molar-refractivity contribution in [2.45, 2.75) is 40.7 Å². The molecule has 0 atom stereocenters. The zero-order chi connectivity index (χ0) is 22.6. The number of Topliss-reactive ketones (excluding diaryl/α,β-unsaturated/α-hetero) is 1. The number of para-hydroxylation sites is 1. The van der Waals surface area contributed by atoms with E-state index in [2.05, 4.69) is 21.7 Å². The van der Waals surface area contributed by atoms with E-state index in [0.29, 0.717) is 24.5 Å². The normalized spacial score (nSPS) is 11.9. The molecule has 6 nitrogen and oxygen atoms in total. The summed E-state index contributed by atoms with van der Waals surface area (Å²) in [5.41, 5.74) is 3.08. The molecule has 0 aliphatic heterocycles. The van der Waals surface area contributed by atoms with E-state index in [4.69, 9.17) is 9.84 Å². The molecule has 0 aliphatic rings. The summed E-state index contributed by atoms with van der Waals surface area (Å²) in [5, 5.41) is 11.1. The molecular weight excluding hydrogens is 412 g/mol. The van der Waals surface area contributed by atoms with Gasteiger partial charge in [-0.2, -0.15) is 11.8 Å². The largest absolute Gasteiger partial charge is 0.463 e. The van der Waals surface area contributed by atoms with Crippen molar-refractivity contribution in [2.24, 2.45) is 5.41 Å². The summed E-state index contributed by atoms with van der Waals surface area (Å²) >= 11 is 1.54. The molecule has 0 unspecified atom stereocenters. The summed E-state index contributed by atoms with van der Waals surface area (Å²) in [6.07, 6.45) is 0.299. The van der Waals surface area contributed by atoms with Crippen molar-refractivity contribution in [1.82, 2.24) is 9.55 Å². The van der Waals surface area contributed by atoms with Crippen LogP contribution in [0.25, 0.3) is 21.8 Å². The Balaban J connectivity index is 1.86. The van der Waals surface area contributed by atoms with Crippen LogP contribution in [0, 0.1) is 12.3 Å². The highest BCUT2D eigenvalue weighted by Crippen LogP contribution is 2.31. The van der Waals surface area contributed by atoms with Crippen molar-refractivity contribution in [1.29, 1.82) is 0 Å². The van der Waals surface area contributed by atoms with E-state index in [0.717, 1.165) is 33.2 Å². The predicted octanol–water partition coefficient (Wildman–Crippen LogP) is 3.92. The second kappa shape index (κ2) is 9.83. The molecule has 0 saturated heterocycles. The third-order valence-corrected chi connectivity index (χ3v) is 6.61. The third-order valence-electron chi connectivity index (χ3n) is 5.22. The number of rotatable bonds is 10. The maximum absolute atomic E-state index is 12.6. The molecule has 2 heterocycles. The molecule has 0 bridgehead atoms. The number of carbonyl (C=O) groups excluding carboxylic acids is 2. The van der Waals surface area contributed by atoms with Gasteiger partial charge in [-0.3, -0.25) is 14.6 Å². The number of aryl methyl sites for hydroxylation is 1. The molecule has 0 amide bonds. The topological polar surface area (TPSA) is 81.4 Å². The number of nitrogens with zero attached hydrogens (tertiary/aromatic N) is 2. The van der Waals surface area contributed by atoms with Crippen molar-refractivity contribution >= 4 is 45.3 Å². The highest BCUT2D eigenvalue weighted by molar-refractivity contribution is 7.99. The fourth-order valence-corrected chi connectivity index (χ4v) is 4.68. The van der Waals surface area contributed by atoms with Crippen LogP contribution in [0.3, 0.4) is 0 Å². The molecule has 0 spiro atoms. The van der Waals surface area contributed by atoms with Gasteiger partial charge in [-0.25, -0.2) is 0 Å². The van der Waals surface area contributed by atoms with Crippen molar-refractivity contribution in [2.75, 3.05) is 24.7 Å². The van der Waals surface area contributed by atoms with Crippen molar-refractivity contribution < 1.29 is 19.4 Å². The molecule has 0 aliphatic carbocycles. The molecule has 1 N–H and O–H groups in total. The van der Waals surface area contributed by atoms with Gasteiger partial charge >= 0.3 is 5.97 Å². The van der Waals surface area contributed by atoms with Gasteiger partial charge in [-0.15, -0.1) is 0 Å². The van der Waals surface area contributed by atoms with E-state index in [1.807, 2.05) is 39.0 Å². The molecule has 166 valence electrons. The van der Waals surface area contributed by atoms with Gasteiger partial charge in [0.15, 0.2) is 0 Å². The van der Waals surface area contributed by atoms with Crippen LogP contribution in [0.4, 0.5) is 0 Å². The smallest absolute Gasteiger partial charge is 0.312 e. The second-order valence-electron chi connectivity index (χ2n) is 8.44. The molecular formula is C24H30N2O4S. The van der Waals surface area contributed by atoms with Gasteiger partial charge in [0.05, 0.1) is 29.8 Å². The molecule has 3 aromatic rings.